The van der Waals surface area contributed by atoms with Crippen LogP contribution in [0.1, 0.15) is 41.0 Å². The van der Waals surface area contributed by atoms with Crippen LogP contribution in [0.15, 0.2) is 34.9 Å². The van der Waals surface area contributed by atoms with Crippen molar-refractivity contribution in [3.63, 3.8) is 0 Å². The van der Waals surface area contributed by atoms with Gasteiger partial charge in [0, 0.05) is 5.56 Å². The van der Waals surface area contributed by atoms with E-state index in [1.165, 1.54) is 12.1 Å². The fraction of sp³-hybridized carbons (Fsp3) is 0.412. The summed E-state index contributed by atoms with van der Waals surface area (Å²) < 4.78 is 33.4. The van der Waals surface area contributed by atoms with E-state index < -0.39 is 18.0 Å². The van der Waals surface area contributed by atoms with E-state index in [2.05, 4.69) is 4.98 Å². The molecule has 1 unspecified atom stereocenters. The highest BCUT2D eigenvalue weighted by molar-refractivity contribution is 5.84. The summed E-state index contributed by atoms with van der Waals surface area (Å²) in [6.07, 6.45) is 0.998. The van der Waals surface area contributed by atoms with E-state index >= 15 is 0 Å². The number of carbonyl (C=O) groups is 1. The number of aromatic carboxylic acids is 1. The number of hydrogen-bond donors (Lipinski definition) is 1. The lowest BCUT2D eigenvalue weighted by atomic mass is 9.88. The topological polar surface area (TPSA) is 66.6 Å². The van der Waals surface area contributed by atoms with E-state index in [4.69, 9.17) is 9.52 Å². The van der Waals surface area contributed by atoms with Crippen LogP contribution >= 0.6 is 0 Å². The number of alkyl halides is 1. The van der Waals surface area contributed by atoms with Gasteiger partial charge in [-0.05, 0) is 37.9 Å². The van der Waals surface area contributed by atoms with Crippen molar-refractivity contribution in [2.24, 2.45) is 5.92 Å². The Bertz CT molecular complexity index is 711. The Morgan fingerprint density at radius 1 is 1.38 bits per heavy atom. The van der Waals surface area contributed by atoms with Crippen molar-refractivity contribution in [1.82, 2.24) is 9.88 Å². The lowest BCUT2D eigenvalue weighted by Crippen LogP contribution is -2.34. The zero-order valence-corrected chi connectivity index (χ0v) is 13.0. The van der Waals surface area contributed by atoms with Crippen LogP contribution in [0.5, 0.6) is 0 Å². The van der Waals surface area contributed by atoms with E-state index in [9.17, 15) is 13.6 Å². The molecule has 24 heavy (non-hydrogen) atoms. The van der Waals surface area contributed by atoms with Crippen LogP contribution in [-0.4, -0.2) is 34.0 Å². The molecule has 1 saturated heterocycles. The maximum atomic E-state index is 14.6. The number of benzene rings is 1. The van der Waals surface area contributed by atoms with Crippen LogP contribution in [0.2, 0.25) is 0 Å². The average Bonchev–Trinajstić information content (AvgIpc) is 3.04. The van der Waals surface area contributed by atoms with Gasteiger partial charge in [-0.1, -0.05) is 18.2 Å². The zero-order chi connectivity index (χ0) is 17.1. The van der Waals surface area contributed by atoms with Crippen molar-refractivity contribution in [3.8, 4) is 0 Å². The van der Waals surface area contributed by atoms with Crippen molar-refractivity contribution in [2.45, 2.75) is 25.6 Å². The quantitative estimate of drug-likeness (QED) is 0.906. The Hall–Kier alpha value is -2.28. The SMILES string of the molecule is O=C(O)c1coc(CN2CCC(C(F)c3ccccc3F)CC2)n1. The number of nitrogens with zero attached hydrogens (tertiary/aromatic N) is 2. The number of hydrogen-bond acceptors (Lipinski definition) is 4. The number of aromatic nitrogens is 1. The summed E-state index contributed by atoms with van der Waals surface area (Å²) in [7, 11) is 0. The minimum Gasteiger partial charge on any atom is -0.476 e. The van der Waals surface area contributed by atoms with E-state index in [1.807, 2.05) is 4.90 Å². The van der Waals surface area contributed by atoms with Crippen LogP contribution in [0.4, 0.5) is 8.78 Å². The van der Waals surface area contributed by atoms with E-state index in [-0.39, 0.29) is 17.2 Å². The molecule has 0 bridgehead atoms. The van der Waals surface area contributed by atoms with Crippen LogP contribution < -0.4 is 0 Å². The van der Waals surface area contributed by atoms with Gasteiger partial charge in [0.25, 0.3) is 0 Å². The first-order chi connectivity index (χ1) is 11.5. The standard InChI is InChI=1S/C17H18F2N2O3/c18-13-4-2-1-3-12(13)16(19)11-5-7-21(8-6-11)9-15-20-14(10-24-15)17(22)23/h1-4,10-11,16H,5-9H2,(H,22,23). The smallest absolute Gasteiger partial charge is 0.357 e. The largest absolute Gasteiger partial charge is 0.476 e. The molecule has 128 valence electrons. The molecule has 1 fully saturated rings. The van der Waals surface area contributed by atoms with Gasteiger partial charge in [-0.3, -0.25) is 4.90 Å². The first-order valence-corrected chi connectivity index (χ1v) is 7.83. The van der Waals surface area contributed by atoms with Gasteiger partial charge in [-0.25, -0.2) is 18.6 Å². The van der Waals surface area contributed by atoms with Crippen molar-refractivity contribution in [3.05, 3.63) is 53.5 Å². The molecular weight excluding hydrogens is 318 g/mol. The highest BCUT2D eigenvalue weighted by Crippen LogP contribution is 2.35. The van der Waals surface area contributed by atoms with Crippen molar-refractivity contribution in [1.29, 1.82) is 0 Å². The Morgan fingerprint density at radius 2 is 2.08 bits per heavy atom. The summed E-state index contributed by atoms with van der Waals surface area (Å²) in [4.78, 5) is 16.7. The molecule has 1 aromatic heterocycles. The van der Waals surface area contributed by atoms with Gasteiger partial charge >= 0.3 is 5.97 Å². The van der Waals surface area contributed by atoms with Gasteiger partial charge in [-0.2, -0.15) is 0 Å². The Labute approximate surface area is 137 Å². The summed E-state index contributed by atoms with van der Waals surface area (Å²) >= 11 is 0. The lowest BCUT2D eigenvalue weighted by Gasteiger charge is -2.32. The molecule has 0 spiro atoms. The number of likely N-dealkylation sites (tertiary alicyclic amines) is 1. The molecule has 3 rings (SSSR count). The van der Waals surface area contributed by atoms with Crippen molar-refractivity contribution >= 4 is 5.97 Å². The molecule has 1 aliphatic rings. The van der Waals surface area contributed by atoms with E-state index in [1.54, 1.807) is 12.1 Å². The molecule has 0 radical (unpaired) electrons. The zero-order valence-electron chi connectivity index (χ0n) is 13.0. The summed E-state index contributed by atoms with van der Waals surface area (Å²) in [6.45, 7) is 1.64. The second-order valence-electron chi connectivity index (χ2n) is 5.97. The molecule has 0 aliphatic carbocycles. The minimum atomic E-state index is -1.31. The minimum absolute atomic E-state index is 0.120. The molecular formula is C17H18F2N2O3. The number of carboxylic acid groups (broad SMARTS) is 1. The first-order valence-electron chi connectivity index (χ1n) is 7.83. The summed E-state index contributed by atoms with van der Waals surface area (Å²) in [5, 5.41) is 8.82. The molecule has 1 aliphatic heterocycles. The molecule has 2 aromatic rings. The maximum Gasteiger partial charge on any atom is 0.357 e. The third-order valence-electron chi connectivity index (χ3n) is 4.38. The molecule has 2 heterocycles. The third-order valence-corrected chi connectivity index (χ3v) is 4.38. The molecule has 1 N–H and O–H groups in total. The highest BCUT2D eigenvalue weighted by Gasteiger charge is 2.29. The highest BCUT2D eigenvalue weighted by atomic mass is 19.1. The number of rotatable bonds is 5. The van der Waals surface area contributed by atoms with E-state index in [0.717, 1.165) is 6.26 Å². The van der Waals surface area contributed by atoms with Gasteiger partial charge < -0.3 is 9.52 Å². The number of halogens is 2. The predicted octanol–water partition coefficient (Wildman–Crippen LogP) is 3.43. The molecule has 1 aromatic carbocycles. The molecule has 0 amide bonds. The van der Waals surface area contributed by atoms with Crippen LogP contribution in [-0.2, 0) is 6.54 Å². The normalized spacial score (nSPS) is 17.8. The maximum absolute atomic E-state index is 14.6. The predicted molar refractivity (Wildman–Crippen MR) is 81.7 cm³/mol. The van der Waals surface area contributed by atoms with E-state index in [0.29, 0.717) is 38.4 Å². The van der Waals surface area contributed by atoms with Gasteiger partial charge in [0.1, 0.15) is 18.3 Å². The van der Waals surface area contributed by atoms with Gasteiger partial charge in [0.15, 0.2) is 5.69 Å². The number of piperidine rings is 1. The number of carboxylic acids is 1. The summed E-state index contributed by atoms with van der Waals surface area (Å²) in [6, 6.07) is 5.96. The Morgan fingerprint density at radius 3 is 2.71 bits per heavy atom. The summed E-state index contributed by atoms with van der Waals surface area (Å²) in [5.74, 6) is -1.53. The van der Waals surface area contributed by atoms with Gasteiger partial charge in [0.2, 0.25) is 5.89 Å². The number of oxazole rings is 1. The van der Waals surface area contributed by atoms with Gasteiger partial charge in [0.05, 0.1) is 6.54 Å². The third kappa shape index (κ3) is 3.62. The van der Waals surface area contributed by atoms with Crippen molar-refractivity contribution in [2.75, 3.05) is 13.1 Å². The fourth-order valence-electron chi connectivity index (χ4n) is 3.03. The second kappa shape index (κ2) is 7.09. The molecule has 0 saturated carbocycles. The fourth-order valence-corrected chi connectivity index (χ4v) is 3.03. The van der Waals surface area contributed by atoms with Gasteiger partial charge in [-0.15, -0.1) is 0 Å². The molecule has 7 heteroatoms. The van der Waals surface area contributed by atoms with Crippen LogP contribution in [0.25, 0.3) is 0 Å². The first kappa shape index (κ1) is 16.6. The van der Waals surface area contributed by atoms with Crippen molar-refractivity contribution < 1.29 is 23.1 Å². The molecule has 1 atom stereocenters. The monoisotopic (exact) mass is 336 g/mol. The Kier molecular flexibility index (Phi) is 4.89. The summed E-state index contributed by atoms with van der Waals surface area (Å²) in [5.41, 5.74) is -0.00184. The van der Waals surface area contributed by atoms with Crippen LogP contribution in [0, 0.1) is 11.7 Å². The second-order valence-corrected chi connectivity index (χ2v) is 5.97. The Balaban J connectivity index is 1.55. The lowest BCUT2D eigenvalue weighted by molar-refractivity contribution is 0.0690. The molecule has 5 nitrogen and oxygen atoms in total. The van der Waals surface area contributed by atoms with Crippen LogP contribution in [0.3, 0.4) is 0 Å². The average molecular weight is 336 g/mol.